The molecule has 1 aromatic rings. The Morgan fingerprint density at radius 2 is 1.17 bits per heavy atom. The molecule has 0 bridgehead atoms. The number of rotatable bonds is 2. The van der Waals surface area contributed by atoms with E-state index in [0.29, 0.717) is 5.78 Å². The molecule has 1 heteroatoms. The van der Waals surface area contributed by atoms with Gasteiger partial charge in [0.15, 0.2) is 5.78 Å². The monoisotopic (exact) mass is 244 g/mol. The molecule has 0 aromatic heterocycles. The highest BCUT2D eigenvalue weighted by atomic mass is 16.1. The Kier molecular flexibility index (Phi) is 3.61. The molecule has 0 aliphatic heterocycles. The molecule has 0 spiro atoms. The molecule has 0 amide bonds. The van der Waals surface area contributed by atoms with Gasteiger partial charge in [0.05, 0.1) is 0 Å². The highest BCUT2D eigenvalue weighted by Gasteiger charge is 2.27. The average molecular weight is 244 g/mol. The van der Waals surface area contributed by atoms with Crippen LogP contribution in [-0.2, 0) is 0 Å². The van der Waals surface area contributed by atoms with E-state index in [1.807, 2.05) is 0 Å². The number of carbonyl (C=O) groups excluding carboxylic acids is 1. The van der Waals surface area contributed by atoms with E-state index < -0.39 is 0 Å². The number of carbonyl (C=O) groups is 1. The Balaban J connectivity index is 2.53. The summed E-state index contributed by atoms with van der Waals surface area (Å²) in [6.07, 6.45) is 4.62. The molecule has 1 aromatic carbocycles. The minimum absolute atomic E-state index is 0.281. The van der Waals surface area contributed by atoms with Crippen LogP contribution in [0.5, 0.6) is 0 Å². The minimum Gasteiger partial charge on any atom is -0.294 e. The summed E-state index contributed by atoms with van der Waals surface area (Å²) in [4.78, 5) is 12.7. The summed E-state index contributed by atoms with van der Waals surface area (Å²) >= 11 is 0. The van der Waals surface area contributed by atoms with Gasteiger partial charge in [-0.05, 0) is 75.3 Å². The van der Waals surface area contributed by atoms with Crippen LogP contribution in [0.3, 0.4) is 0 Å². The van der Waals surface area contributed by atoms with Crippen molar-refractivity contribution in [3.8, 4) is 0 Å². The fourth-order valence-corrected chi connectivity index (χ4v) is 3.26. The molecule has 1 saturated carbocycles. The van der Waals surface area contributed by atoms with Crippen molar-refractivity contribution in [1.82, 2.24) is 0 Å². The molecule has 0 saturated heterocycles. The summed E-state index contributed by atoms with van der Waals surface area (Å²) in [5, 5.41) is 0. The Bertz CT molecular complexity index is 462. The third kappa shape index (κ3) is 2.00. The Hall–Kier alpha value is -1.11. The summed E-state index contributed by atoms with van der Waals surface area (Å²) in [6, 6.07) is 0. The van der Waals surface area contributed by atoms with Crippen molar-refractivity contribution in [2.75, 3.05) is 0 Å². The number of ketones is 1. The molecule has 1 fully saturated rings. The van der Waals surface area contributed by atoms with Crippen LogP contribution in [0.2, 0.25) is 0 Å². The zero-order chi connectivity index (χ0) is 13.4. The van der Waals surface area contributed by atoms with Gasteiger partial charge in [-0.3, -0.25) is 4.79 Å². The second-order valence-corrected chi connectivity index (χ2v) is 5.85. The van der Waals surface area contributed by atoms with Gasteiger partial charge in [-0.15, -0.1) is 0 Å². The van der Waals surface area contributed by atoms with Gasteiger partial charge < -0.3 is 0 Å². The molecule has 0 atom stereocenters. The fourth-order valence-electron chi connectivity index (χ4n) is 3.26. The Morgan fingerprint density at radius 1 is 0.778 bits per heavy atom. The molecule has 98 valence electrons. The molecule has 0 radical (unpaired) electrons. The van der Waals surface area contributed by atoms with Crippen LogP contribution >= 0.6 is 0 Å². The van der Waals surface area contributed by atoms with Crippen LogP contribution in [0.1, 0.15) is 63.9 Å². The Morgan fingerprint density at radius 3 is 1.61 bits per heavy atom. The van der Waals surface area contributed by atoms with Gasteiger partial charge in [0, 0.05) is 11.5 Å². The van der Waals surface area contributed by atoms with E-state index in [1.165, 1.54) is 40.7 Å². The van der Waals surface area contributed by atoms with Crippen molar-refractivity contribution in [3.63, 3.8) is 0 Å². The summed E-state index contributed by atoms with van der Waals surface area (Å²) in [6.45, 7) is 10.7. The maximum absolute atomic E-state index is 12.7. The van der Waals surface area contributed by atoms with Crippen LogP contribution in [0.15, 0.2) is 0 Å². The van der Waals surface area contributed by atoms with Crippen LogP contribution in [0.4, 0.5) is 0 Å². The second kappa shape index (κ2) is 4.87. The third-order valence-electron chi connectivity index (χ3n) is 4.97. The molecular formula is C17H24O. The molecule has 0 N–H and O–H groups in total. The van der Waals surface area contributed by atoms with Crippen molar-refractivity contribution in [1.29, 1.82) is 0 Å². The van der Waals surface area contributed by atoms with E-state index in [1.54, 1.807) is 0 Å². The number of benzene rings is 1. The molecule has 1 aliphatic carbocycles. The molecule has 18 heavy (non-hydrogen) atoms. The zero-order valence-corrected chi connectivity index (χ0v) is 12.3. The van der Waals surface area contributed by atoms with E-state index in [9.17, 15) is 4.79 Å². The SMILES string of the molecule is Cc1c(C)c(C)c(C(=O)C2CCCC2)c(C)c1C. The summed E-state index contributed by atoms with van der Waals surface area (Å²) in [5.74, 6) is 0.678. The first-order valence-electron chi connectivity index (χ1n) is 7.06. The van der Waals surface area contributed by atoms with Crippen LogP contribution in [0.25, 0.3) is 0 Å². The molecule has 0 unspecified atom stereocenters. The lowest BCUT2D eigenvalue weighted by Gasteiger charge is -2.20. The predicted molar refractivity (Wildman–Crippen MR) is 76.4 cm³/mol. The second-order valence-electron chi connectivity index (χ2n) is 5.85. The lowest BCUT2D eigenvalue weighted by molar-refractivity contribution is 0.0921. The van der Waals surface area contributed by atoms with Crippen LogP contribution in [-0.4, -0.2) is 5.78 Å². The molecule has 1 aliphatic rings. The Labute approximate surface area is 111 Å². The zero-order valence-electron chi connectivity index (χ0n) is 12.3. The quantitative estimate of drug-likeness (QED) is 0.695. The predicted octanol–water partition coefficient (Wildman–Crippen LogP) is 4.60. The van der Waals surface area contributed by atoms with Gasteiger partial charge in [-0.25, -0.2) is 0 Å². The van der Waals surface area contributed by atoms with Crippen LogP contribution < -0.4 is 0 Å². The molecule has 2 rings (SSSR count). The highest BCUT2D eigenvalue weighted by Crippen LogP contribution is 2.33. The highest BCUT2D eigenvalue weighted by molar-refractivity contribution is 6.01. The number of hydrogen-bond acceptors (Lipinski definition) is 1. The van der Waals surface area contributed by atoms with Crippen molar-refractivity contribution >= 4 is 5.78 Å². The van der Waals surface area contributed by atoms with Crippen molar-refractivity contribution in [2.24, 2.45) is 5.92 Å². The first kappa shape index (κ1) is 13.3. The largest absolute Gasteiger partial charge is 0.294 e. The molecular weight excluding hydrogens is 220 g/mol. The lowest BCUT2D eigenvalue weighted by atomic mass is 9.84. The van der Waals surface area contributed by atoms with Gasteiger partial charge in [-0.1, -0.05) is 12.8 Å². The molecule has 1 nitrogen and oxygen atoms in total. The van der Waals surface area contributed by atoms with Crippen molar-refractivity contribution in [2.45, 2.75) is 60.3 Å². The number of hydrogen-bond donors (Lipinski definition) is 0. The van der Waals surface area contributed by atoms with E-state index in [4.69, 9.17) is 0 Å². The topological polar surface area (TPSA) is 17.1 Å². The minimum atomic E-state index is 0.281. The third-order valence-corrected chi connectivity index (χ3v) is 4.97. The van der Waals surface area contributed by atoms with Gasteiger partial charge in [0.25, 0.3) is 0 Å². The first-order chi connectivity index (χ1) is 8.45. The van der Waals surface area contributed by atoms with Gasteiger partial charge in [-0.2, -0.15) is 0 Å². The summed E-state index contributed by atoms with van der Waals surface area (Å²) in [5.41, 5.74) is 7.34. The maximum atomic E-state index is 12.7. The van der Waals surface area contributed by atoms with Gasteiger partial charge in [0.1, 0.15) is 0 Å². The van der Waals surface area contributed by atoms with Gasteiger partial charge in [0.2, 0.25) is 0 Å². The van der Waals surface area contributed by atoms with E-state index in [0.717, 1.165) is 18.4 Å². The summed E-state index contributed by atoms with van der Waals surface area (Å²) < 4.78 is 0. The fraction of sp³-hybridized carbons (Fsp3) is 0.588. The normalized spacial score (nSPS) is 16.3. The van der Waals surface area contributed by atoms with E-state index in [2.05, 4.69) is 34.6 Å². The smallest absolute Gasteiger partial charge is 0.166 e. The number of Topliss-reactive ketones (excluding diaryl/α,β-unsaturated/α-hetero) is 1. The lowest BCUT2D eigenvalue weighted by Crippen LogP contribution is -2.16. The molecule has 0 heterocycles. The van der Waals surface area contributed by atoms with E-state index in [-0.39, 0.29) is 5.92 Å². The summed E-state index contributed by atoms with van der Waals surface area (Å²) in [7, 11) is 0. The van der Waals surface area contributed by atoms with E-state index >= 15 is 0 Å². The van der Waals surface area contributed by atoms with Crippen molar-refractivity contribution in [3.05, 3.63) is 33.4 Å². The standard InChI is InChI=1S/C17H24O/c1-10-11(2)13(4)16(14(5)12(10)3)17(18)15-8-6-7-9-15/h15H,6-9H2,1-5H3. The maximum Gasteiger partial charge on any atom is 0.166 e. The average Bonchev–Trinajstić information content (AvgIpc) is 2.88. The van der Waals surface area contributed by atoms with Crippen LogP contribution in [0, 0.1) is 40.5 Å². The van der Waals surface area contributed by atoms with Crippen molar-refractivity contribution < 1.29 is 4.79 Å². The van der Waals surface area contributed by atoms with Gasteiger partial charge >= 0.3 is 0 Å². The first-order valence-corrected chi connectivity index (χ1v) is 7.06.